The van der Waals surface area contributed by atoms with Gasteiger partial charge < -0.3 is 5.73 Å². The second-order valence-electron chi connectivity index (χ2n) is 3.34. The highest BCUT2D eigenvalue weighted by Gasteiger charge is 2.22. The van der Waals surface area contributed by atoms with Crippen molar-refractivity contribution < 1.29 is 0 Å². The van der Waals surface area contributed by atoms with Gasteiger partial charge in [0.15, 0.2) is 0 Å². The highest BCUT2D eigenvalue weighted by molar-refractivity contribution is 5.28. The molecule has 3 nitrogen and oxygen atoms in total. The van der Waals surface area contributed by atoms with Crippen LogP contribution in [0.3, 0.4) is 0 Å². The fourth-order valence-electron chi connectivity index (χ4n) is 1.27. The van der Waals surface area contributed by atoms with Crippen molar-refractivity contribution in [3.8, 4) is 0 Å². The maximum Gasteiger partial charge on any atom is 0.145 e. The molecule has 1 aromatic heterocycles. The maximum absolute atomic E-state index is 5.54. The minimum Gasteiger partial charge on any atom is -0.382 e. The molecular formula is C8H13N3. The van der Waals surface area contributed by atoms with E-state index in [2.05, 4.69) is 5.10 Å². The topological polar surface area (TPSA) is 43.8 Å². The van der Waals surface area contributed by atoms with Crippen LogP contribution in [0.2, 0.25) is 0 Å². The molecule has 0 atom stereocenters. The van der Waals surface area contributed by atoms with Crippen LogP contribution < -0.4 is 5.73 Å². The number of aromatic nitrogens is 2. The summed E-state index contributed by atoms with van der Waals surface area (Å²) in [5.74, 6) is 1.51. The molecule has 1 heterocycles. The molecule has 1 aliphatic carbocycles. The molecule has 0 aromatic carbocycles. The van der Waals surface area contributed by atoms with Crippen molar-refractivity contribution in [3.05, 3.63) is 11.8 Å². The third kappa shape index (κ3) is 1.37. The van der Waals surface area contributed by atoms with Gasteiger partial charge in [0.05, 0.1) is 0 Å². The summed E-state index contributed by atoms with van der Waals surface area (Å²) in [6.07, 6.45) is 2.72. The van der Waals surface area contributed by atoms with E-state index in [0.29, 0.717) is 5.82 Å². The van der Waals surface area contributed by atoms with Gasteiger partial charge in [-0.3, -0.25) is 4.68 Å². The molecule has 0 bridgehead atoms. The Bertz CT molecular complexity index is 260. The van der Waals surface area contributed by atoms with Crippen LogP contribution in [0, 0.1) is 12.8 Å². The average molecular weight is 151 g/mol. The molecule has 1 saturated carbocycles. The molecule has 0 amide bonds. The second-order valence-corrected chi connectivity index (χ2v) is 3.34. The first-order valence-corrected chi connectivity index (χ1v) is 4.05. The maximum atomic E-state index is 5.54. The van der Waals surface area contributed by atoms with Crippen molar-refractivity contribution in [1.29, 1.82) is 0 Å². The third-order valence-electron chi connectivity index (χ3n) is 2.13. The second kappa shape index (κ2) is 2.26. The Balaban J connectivity index is 2.14. The summed E-state index contributed by atoms with van der Waals surface area (Å²) >= 11 is 0. The zero-order valence-electron chi connectivity index (χ0n) is 6.75. The smallest absolute Gasteiger partial charge is 0.145 e. The Kier molecular flexibility index (Phi) is 1.37. The molecule has 1 aromatic rings. The van der Waals surface area contributed by atoms with Crippen LogP contribution in [-0.4, -0.2) is 9.78 Å². The average Bonchev–Trinajstić information content (AvgIpc) is 2.64. The standard InChI is InChI=1S/C8H13N3/c1-6-4-8(9)10-11(6)5-7-2-3-7/h4,7H,2-3,5H2,1H3,(H2,9,10). The lowest BCUT2D eigenvalue weighted by Gasteiger charge is -2.00. The summed E-state index contributed by atoms with van der Waals surface area (Å²) in [7, 11) is 0. The van der Waals surface area contributed by atoms with E-state index in [4.69, 9.17) is 5.73 Å². The van der Waals surface area contributed by atoms with Gasteiger partial charge in [-0.2, -0.15) is 5.10 Å². The number of rotatable bonds is 2. The predicted molar refractivity (Wildman–Crippen MR) is 44.1 cm³/mol. The van der Waals surface area contributed by atoms with E-state index >= 15 is 0 Å². The highest BCUT2D eigenvalue weighted by atomic mass is 15.3. The van der Waals surface area contributed by atoms with Crippen LogP contribution >= 0.6 is 0 Å². The normalized spacial score (nSPS) is 17.2. The number of nitrogen functional groups attached to an aromatic ring is 1. The Hall–Kier alpha value is -0.990. The lowest BCUT2D eigenvalue weighted by atomic mass is 10.4. The third-order valence-corrected chi connectivity index (χ3v) is 2.13. The minimum absolute atomic E-state index is 0.642. The van der Waals surface area contributed by atoms with Gasteiger partial charge in [-0.1, -0.05) is 0 Å². The molecule has 11 heavy (non-hydrogen) atoms. The highest BCUT2D eigenvalue weighted by Crippen LogP contribution is 2.30. The zero-order valence-corrected chi connectivity index (χ0v) is 6.75. The van der Waals surface area contributed by atoms with E-state index in [-0.39, 0.29) is 0 Å². The number of anilines is 1. The van der Waals surface area contributed by atoms with Crippen LogP contribution in [-0.2, 0) is 6.54 Å². The number of hydrogen-bond donors (Lipinski definition) is 1. The lowest BCUT2D eigenvalue weighted by molar-refractivity contribution is 0.552. The quantitative estimate of drug-likeness (QED) is 0.689. The molecule has 0 radical (unpaired) electrons. The number of nitrogens with two attached hydrogens (primary N) is 1. The van der Waals surface area contributed by atoms with Crippen molar-refractivity contribution >= 4 is 5.82 Å². The van der Waals surface area contributed by atoms with Gasteiger partial charge in [-0.15, -0.1) is 0 Å². The Labute approximate surface area is 66.2 Å². The summed E-state index contributed by atoms with van der Waals surface area (Å²) in [5, 5.41) is 4.18. The van der Waals surface area contributed by atoms with Gasteiger partial charge in [0.25, 0.3) is 0 Å². The predicted octanol–water partition coefficient (Wildman–Crippen LogP) is 1.18. The summed E-state index contributed by atoms with van der Waals surface area (Å²) in [6, 6.07) is 1.92. The molecule has 0 unspecified atom stereocenters. The van der Waals surface area contributed by atoms with Crippen molar-refractivity contribution in [2.24, 2.45) is 5.92 Å². The molecule has 0 aliphatic heterocycles. The van der Waals surface area contributed by atoms with Crippen LogP contribution in [0.15, 0.2) is 6.07 Å². The molecule has 0 spiro atoms. The fraction of sp³-hybridized carbons (Fsp3) is 0.625. The molecule has 1 fully saturated rings. The zero-order chi connectivity index (χ0) is 7.84. The van der Waals surface area contributed by atoms with Crippen molar-refractivity contribution in [3.63, 3.8) is 0 Å². The first-order valence-electron chi connectivity index (χ1n) is 4.05. The van der Waals surface area contributed by atoms with E-state index in [1.165, 1.54) is 18.5 Å². The van der Waals surface area contributed by atoms with Crippen molar-refractivity contribution in [1.82, 2.24) is 9.78 Å². The monoisotopic (exact) mass is 151 g/mol. The van der Waals surface area contributed by atoms with E-state index in [0.717, 1.165) is 12.5 Å². The summed E-state index contributed by atoms with van der Waals surface area (Å²) < 4.78 is 2.01. The number of aryl methyl sites for hydroxylation is 1. The van der Waals surface area contributed by atoms with Crippen LogP contribution in [0.1, 0.15) is 18.5 Å². The Morgan fingerprint density at radius 1 is 1.73 bits per heavy atom. The van der Waals surface area contributed by atoms with Gasteiger partial charge in [0, 0.05) is 18.3 Å². The molecule has 2 N–H and O–H groups in total. The molecule has 3 heteroatoms. The molecule has 2 rings (SSSR count). The molecule has 0 saturated heterocycles. The summed E-state index contributed by atoms with van der Waals surface area (Å²) in [4.78, 5) is 0. The van der Waals surface area contributed by atoms with Crippen molar-refractivity contribution in [2.75, 3.05) is 5.73 Å². The van der Waals surface area contributed by atoms with Gasteiger partial charge >= 0.3 is 0 Å². The van der Waals surface area contributed by atoms with Gasteiger partial charge in [0.1, 0.15) is 5.82 Å². The van der Waals surface area contributed by atoms with Crippen LogP contribution in [0.25, 0.3) is 0 Å². The Morgan fingerprint density at radius 3 is 2.91 bits per heavy atom. The van der Waals surface area contributed by atoms with E-state index < -0.39 is 0 Å². The first-order chi connectivity index (χ1) is 5.25. The minimum atomic E-state index is 0.642. The van der Waals surface area contributed by atoms with E-state index in [1.807, 2.05) is 17.7 Å². The largest absolute Gasteiger partial charge is 0.382 e. The van der Waals surface area contributed by atoms with Crippen LogP contribution in [0.5, 0.6) is 0 Å². The van der Waals surface area contributed by atoms with E-state index in [1.54, 1.807) is 0 Å². The van der Waals surface area contributed by atoms with E-state index in [9.17, 15) is 0 Å². The number of hydrogen-bond acceptors (Lipinski definition) is 2. The van der Waals surface area contributed by atoms with Gasteiger partial charge in [-0.25, -0.2) is 0 Å². The molecule has 60 valence electrons. The molecule has 1 aliphatic rings. The van der Waals surface area contributed by atoms with Gasteiger partial charge in [0.2, 0.25) is 0 Å². The lowest BCUT2D eigenvalue weighted by Crippen LogP contribution is -2.03. The summed E-state index contributed by atoms with van der Waals surface area (Å²) in [5.41, 5.74) is 6.72. The van der Waals surface area contributed by atoms with Gasteiger partial charge in [-0.05, 0) is 25.7 Å². The SMILES string of the molecule is Cc1cc(N)nn1CC1CC1. The fourth-order valence-corrected chi connectivity index (χ4v) is 1.27. The first kappa shape index (κ1) is 6.70. The van der Waals surface area contributed by atoms with Crippen LogP contribution in [0.4, 0.5) is 5.82 Å². The Morgan fingerprint density at radius 2 is 2.45 bits per heavy atom. The summed E-state index contributed by atoms with van der Waals surface area (Å²) in [6.45, 7) is 3.11. The molecular weight excluding hydrogens is 138 g/mol. The van der Waals surface area contributed by atoms with Crippen molar-refractivity contribution in [2.45, 2.75) is 26.3 Å². The number of nitrogens with zero attached hydrogens (tertiary/aromatic N) is 2.